The summed E-state index contributed by atoms with van der Waals surface area (Å²) in [6, 6.07) is 0.505. The first-order valence-corrected chi connectivity index (χ1v) is 7.96. The van der Waals surface area contributed by atoms with Crippen LogP contribution in [0, 0.1) is 11.3 Å². The topological polar surface area (TPSA) is 59.6 Å². The summed E-state index contributed by atoms with van der Waals surface area (Å²) in [5, 5.41) is 6.47. The molecule has 0 spiro atoms. The van der Waals surface area contributed by atoms with Gasteiger partial charge in [0.1, 0.15) is 5.60 Å². The van der Waals surface area contributed by atoms with Crippen molar-refractivity contribution in [3.8, 4) is 0 Å². The molecule has 5 heteroatoms. The maximum Gasteiger partial charge on any atom is 0.407 e. The molecular weight excluding hydrogens is 268 g/mol. The molecule has 2 N–H and O–H groups in total. The highest BCUT2D eigenvalue weighted by Crippen LogP contribution is 2.51. The summed E-state index contributed by atoms with van der Waals surface area (Å²) >= 11 is 0. The van der Waals surface area contributed by atoms with Gasteiger partial charge in [-0.2, -0.15) is 0 Å². The van der Waals surface area contributed by atoms with Crippen molar-refractivity contribution < 1.29 is 14.3 Å². The normalized spacial score (nSPS) is 32.0. The predicted molar refractivity (Wildman–Crippen MR) is 82.3 cm³/mol. The van der Waals surface area contributed by atoms with Crippen molar-refractivity contribution in [3.63, 3.8) is 0 Å². The molecule has 0 aromatic rings. The maximum absolute atomic E-state index is 11.7. The average Bonchev–Trinajstić information content (AvgIpc) is 2.72. The lowest BCUT2D eigenvalue weighted by Gasteiger charge is -2.55. The molecule has 0 aromatic heterocycles. The SMILES string of the molecule is CC(CNC1C2CCOC2C1(C)C)NC(=O)OC(C)(C)C. The Morgan fingerprint density at radius 2 is 2.10 bits per heavy atom. The van der Waals surface area contributed by atoms with E-state index in [1.165, 1.54) is 0 Å². The minimum Gasteiger partial charge on any atom is -0.444 e. The molecule has 0 aromatic carbocycles. The number of carbonyl (C=O) groups excluding carboxylic acids is 1. The first kappa shape index (κ1) is 16.6. The van der Waals surface area contributed by atoms with Crippen molar-refractivity contribution in [3.05, 3.63) is 0 Å². The molecular formula is C16H30N2O3. The monoisotopic (exact) mass is 298 g/mol. The fourth-order valence-corrected chi connectivity index (χ4v) is 3.60. The quantitative estimate of drug-likeness (QED) is 0.836. The Kier molecular flexibility index (Phi) is 4.54. The first-order valence-electron chi connectivity index (χ1n) is 7.96. The fraction of sp³-hybridized carbons (Fsp3) is 0.938. The van der Waals surface area contributed by atoms with E-state index in [1.54, 1.807) is 0 Å². The van der Waals surface area contributed by atoms with Crippen LogP contribution in [0.3, 0.4) is 0 Å². The van der Waals surface area contributed by atoms with Crippen LogP contribution in [0.5, 0.6) is 0 Å². The summed E-state index contributed by atoms with van der Waals surface area (Å²) in [4.78, 5) is 11.7. The Labute approximate surface area is 128 Å². The van der Waals surface area contributed by atoms with Crippen molar-refractivity contribution in [1.29, 1.82) is 0 Å². The van der Waals surface area contributed by atoms with Crippen molar-refractivity contribution in [2.45, 2.75) is 71.8 Å². The van der Waals surface area contributed by atoms with E-state index < -0.39 is 5.60 Å². The van der Waals surface area contributed by atoms with E-state index in [0.29, 0.717) is 18.1 Å². The van der Waals surface area contributed by atoms with Gasteiger partial charge in [-0.05, 0) is 34.1 Å². The maximum atomic E-state index is 11.7. The van der Waals surface area contributed by atoms with Crippen LogP contribution in [0.4, 0.5) is 4.79 Å². The third-order valence-electron chi connectivity index (χ3n) is 4.51. The van der Waals surface area contributed by atoms with Gasteiger partial charge in [0.25, 0.3) is 0 Å². The van der Waals surface area contributed by atoms with Crippen molar-refractivity contribution >= 4 is 6.09 Å². The van der Waals surface area contributed by atoms with Gasteiger partial charge in [-0.1, -0.05) is 13.8 Å². The minimum absolute atomic E-state index is 0.0389. The highest BCUT2D eigenvalue weighted by atomic mass is 16.6. The van der Waals surface area contributed by atoms with E-state index in [9.17, 15) is 4.79 Å². The molecule has 1 amide bonds. The number of rotatable bonds is 4. The van der Waals surface area contributed by atoms with Gasteiger partial charge in [0.15, 0.2) is 0 Å². The number of hydrogen-bond acceptors (Lipinski definition) is 4. The molecule has 1 heterocycles. The minimum atomic E-state index is -0.457. The summed E-state index contributed by atoms with van der Waals surface area (Å²) in [6.07, 6.45) is 1.18. The van der Waals surface area contributed by atoms with Gasteiger partial charge in [-0.3, -0.25) is 0 Å². The van der Waals surface area contributed by atoms with Crippen LogP contribution in [-0.2, 0) is 9.47 Å². The molecule has 2 rings (SSSR count). The Hall–Kier alpha value is -0.810. The Morgan fingerprint density at radius 1 is 1.43 bits per heavy atom. The van der Waals surface area contributed by atoms with E-state index in [0.717, 1.165) is 19.6 Å². The molecule has 4 unspecified atom stereocenters. The van der Waals surface area contributed by atoms with Crippen LogP contribution >= 0.6 is 0 Å². The second kappa shape index (κ2) is 5.76. The summed E-state index contributed by atoms with van der Waals surface area (Å²) in [5.74, 6) is 0.619. The smallest absolute Gasteiger partial charge is 0.407 e. The first-order chi connectivity index (χ1) is 9.61. The number of amides is 1. The molecule has 2 fully saturated rings. The Morgan fingerprint density at radius 3 is 2.71 bits per heavy atom. The molecule has 0 bridgehead atoms. The van der Waals surface area contributed by atoms with Gasteiger partial charge in [-0.25, -0.2) is 4.79 Å². The number of hydrogen-bond donors (Lipinski definition) is 2. The van der Waals surface area contributed by atoms with Crippen LogP contribution in [-0.4, -0.2) is 43.0 Å². The lowest BCUT2D eigenvalue weighted by molar-refractivity contribution is -0.112. The molecule has 1 aliphatic carbocycles. The van der Waals surface area contributed by atoms with Gasteiger partial charge < -0.3 is 20.1 Å². The van der Waals surface area contributed by atoms with Gasteiger partial charge in [0.05, 0.1) is 6.10 Å². The summed E-state index contributed by atoms with van der Waals surface area (Å²) in [7, 11) is 0. The van der Waals surface area contributed by atoms with Gasteiger partial charge in [0, 0.05) is 36.6 Å². The predicted octanol–water partition coefficient (Wildman–Crippen LogP) is 2.30. The van der Waals surface area contributed by atoms with Crippen molar-refractivity contribution in [2.24, 2.45) is 11.3 Å². The highest BCUT2D eigenvalue weighted by molar-refractivity contribution is 5.68. The molecule has 0 radical (unpaired) electrons. The molecule has 21 heavy (non-hydrogen) atoms. The Balaban J connectivity index is 1.74. The molecule has 122 valence electrons. The second-order valence-corrected chi connectivity index (χ2v) is 8.00. The van der Waals surface area contributed by atoms with Crippen LogP contribution in [0.25, 0.3) is 0 Å². The van der Waals surface area contributed by atoms with Crippen LogP contribution in [0.15, 0.2) is 0 Å². The summed E-state index contributed by atoms with van der Waals surface area (Å²) < 4.78 is 11.1. The van der Waals surface area contributed by atoms with Crippen molar-refractivity contribution in [1.82, 2.24) is 10.6 Å². The Bertz CT molecular complexity index is 389. The van der Waals surface area contributed by atoms with Crippen LogP contribution < -0.4 is 10.6 Å². The lowest BCUT2D eigenvalue weighted by atomic mass is 9.57. The van der Waals surface area contributed by atoms with Crippen molar-refractivity contribution in [2.75, 3.05) is 13.2 Å². The largest absolute Gasteiger partial charge is 0.444 e. The highest BCUT2D eigenvalue weighted by Gasteiger charge is 2.58. The number of alkyl carbamates (subject to hydrolysis) is 1. The van der Waals surface area contributed by atoms with Gasteiger partial charge in [0.2, 0.25) is 0 Å². The van der Waals surface area contributed by atoms with E-state index >= 15 is 0 Å². The molecule has 4 atom stereocenters. The van der Waals surface area contributed by atoms with Gasteiger partial charge >= 0.3 is 6.09 Å². The van der Waals surface area contributed by atoms with Crippen LogP contribution in [0.1, 0.15) is 48.0 Å². The zero-order valence-corrected chi connectivity index (χ0v) is 14.2. The summed E-state index contributed by atoms with van der Waals surface area (Å²) in [5.41, 5.74) is -0.283. The molecule has 1 saturated carbocycles. The van der Waals surface area contributed by atoms with E-state index in [-0.39, 0.29) is 17.6 Å². The molecule has 5 nitrogen and oxygen atoms in total. The third-order valence-corrected chi connectivity index (χ3v) is 4.51. The zero-order valence-electron chi connectivity index (χ0n) is 14.2. The fourth-order valence-electron chi connectivity index (χ4n) is 3.60. The molecule has 1 saturated heterocycles. The third kappa shape index (κ3) is 3.69. The van der Waals surface area contributed by atoms with Gasteiger partial charge in [-0.15, -0.1) is 0 Å². The lowest BCUT2D eigenvalue weighted by Crippen LogP contribution is -2.66. The number of carbonyl (C=O) groups is 1. The standard InChI is InChI=1S/C16H30N2O3/c1-10(18-14(19)21-15(2,3)4)9-17-12-11-7-8-20-13(11)16(12,5)6/h10-13,17H,7-9H2,1-6H3,(H,18,19). The zero-order chi connectivity index (χ0) is 15.8. The van der Waals surface area contributed by atoms with E-state index in [4.69, 9.17) is 9.47 Å². The van der Waals surface area contributed by atoms with E-state index in [1.807, 2.05) is 27.7 Å². The van der Waals surface area contributed by atoms with Crippen LogP contribution in [0.2, 0.25) is 0 Å². The second-order valence-electron chi connectivity index (χ2n) is 8.00. The van der Waals surface area contributed by atoms with E-state index in [2.05, 4.69) is 24.5 Å². The number of fused-ring (bicyclic) bond motifs is 1. The summed E-state index contributed by atoms with van der Waals surface area (Å²) in [6.45, 7) is 13.7. The number of nitrogens with one attached hydrogen (secondary N) is 2. The molecule has 1 aliphatic heterocycles. The number of ether oxygens (including phenoxy) is 2. The average molecular weight is 298 g/mol. The molecule has 2 aliphatic rings.